The summed E-state index contributed by atoms with van der Waals surface area (Å²) in [6.45, 7) is 2.74. The zero-order chi connectivity index (χ0) is 16.2. The van der Waals surface area contributed by atoms with Crippen molar-refractivity contribution in [2.24, 2.45) is 0 Å². The number of thiazole rings is 1. The molecule has 0 aliphatic carbocycles. The first-order valence-corrected chi connectivity index (χ1v) is 9.20. The summed E-state index contributed by atoms with van der Waals surface area (Å²) >= 11 is 3.09. The summed E-state index contributed by atoms with van der Waals surface area (Å²) in [7, 11) is 1.83. The van der Waals surface area contributed by atoms with Crippen molar-refractivity contribution in [1.82, 2.24) is 9.88 Å². The van der Waals surface area contributed by atoms with Gasteiger partial charge in [0.25, 0.3) is 5.91 Å². The third kappa shape index (κ3) is 3.68. The fraction of sp³-hybridized carbons (Fsp3) is 0.222. The van der Waals surface area contributed by atoms with Crippen molar-refractivity contribution in [2.45, 2.75) is 19.9 Å². The second kappa shape index (κ2) is 7.06. The SMILES string of the molecule is CCc1ccc(CN(C)C(=O)c2cnc(-c3cccs3)s2)cc1. The number of benzene rings is 1. The second-order valence-electron chi connectivity index (χ2n) is 5.34. The number of carbonyl (C=O) groups is 1. The molecular formula is C18H18N2OS2. The molecule has 0 aliphatic heterocycles. The van der Waals surface area contributed by atoms with Crippen molar-refractivity contribution in [2.75, 3.05) is 7.05 Å². The quantitative estimate of drug-likeness (QED) is 0.673. The molecule has 0 aliphatic rings. The van der Waals surface area contributed by atoms with Crippen LogP contribution in [0.15, 0.2) is 48.0 Å². The molecule has 0 saturated carbocycles. The number of carbonyl (C=O) groups excluding carboxylic acids is 1. The zero-order valence-corrected chi connectivity index (χ0v) is 14.8. The molecule has 0 fully saturated rings. The lowest BCUT2D eigenvalue weighted by atomic mass is 10.1. The predicted octanol–water partition coefficient (Wildman–Crippen LogP) is 4.71. The highest BCUT2D eigenvalue weighted by Gasteiger charge is 2.16. The third-order valence-electron chi connectivity index (χ3n) is 3.65. The minimum atomic E-state index is 0.0184. The standard InChI is InChI=1S/C18H18N2OS2/c1-3-13-6-8-14(9-7-13)12-20(2)18(21)16-11-19-17(23-16)15-5-4-10-22-15/h4-11H,3,12H2,1-2H3. The molecule has 23 heavy (non-hydrogen) atoms. The fourth-order valence-electron chi connectivity index (χ4n) is 2.30. The molecule has 2 heterocycles. The van der Waals surface area contributed by atoms with Gasteiger partial charge in [-0.2, -0.15) is 0 Å². The van der Waals surface area contributed by atoms with Crippen molar-refractivity contribution in [3.05, 3.63) is 64.0 Å². The molecule has 0 radical (unpaired) electrons. The molecule has 2 aromatic heterocycles. The monoisotopic (exact) mass is 342 g/mol. The van der Waals surface area contributed by atoms with Crippen molar-refractivity contribution >= 4 is 28.6 Å². The lowest BCUT2D eigenvalue weighted by molar-refractivity contribution is 0.0789. The summed E-state index contributed by atoms with van der Waals surface area (Å²) in [5.41, 5.74) is 2.45. The molecule has 1 aromatic carbocycles. The summed E-state index contributed by atoms with van der Waals surface area (Å²) in [6, 6.07) is 12.4. The highest BCUT2D eigenvalue weighted by atomic mass is 32.1. The lowest BCUT2D eigenvalue weighted by Gasteiger charge is -2.16. The Morgan fingerprint density at radius 1 is 1.17 bits per heavy atom. The second-order valence-corrected chi connectivity index (χ2v) is 7.32. The van der Waals surface area contributed by atoms with E-state index in [2.05, 4.69) is 36.2 Å². The Bertz CT molecular complexity index is 776. The molecule has 0 spiro atoms. The fourth-order valence-corrected chi connectivity index (χ4v) is 4.02. The molecule has 1 amide bonds. The van der Waals surface area contributed by atoms with Crippen LogP contribution in [0.2, 0.25) is 0 Å². The Morgan fingerprint density at radius 3 is 2.57 bits per heavy atom. The van der Waals surface area contributed by atoms with Gasteiger partial charge in [0.2, 0.25) is 0 Å². The first kappa shape index (κ1) is 15.9. The summed E-state index contributed by atoms with van der Waals surface area (Å²) in [6.07, 6.45) is 2.71. The molecule has 5 heteroatoms. The van der Waals surface area contributed by atoms with Gasteiger partial charge in [0.1, 0.15) is 9.88 Å². The number of amides is 1. The van der Waals surface area contributed by atoms with Gasteiger partial charge < -0.3 is 4.90 Å². The van der Waals surface area contributed by atoms with E-state index in [9.17, 15) is 4.79 Å². The molecule has 118 valence electrons. The van der Waals surface area contributed by atoms with Crippen LogP contribution < -0.4 is 0 Å². The molecule has 0 saturated heterocycles. The molecule has 0 N–H and O–H groups in total. The summed E-state index contributed by atoms with van der Waals surface area (Å²) in [4.78, 5) is 20.5. The maximum absolute atomic E-state index is 12.6. The topological polar surface area (TPSA) is 33.2 Å². The van der Waals surface area contributed by atoms with Crippen LogP contribution in [0.1, 0.15) is 27.7 Å². The summed E-state index contributed by atoms with van der Waals surface area (Å²) in [5.74, 6) is 0.0184. The van der Waals surface area contributed by atoms with Crippen LogP contribution in [0.4, 0.5) is 0 Å². The summed E-state index contributed by atoms with van der Waals surface area (Å²) < 4.78 is 0. The van der Waals surface area contributed by atoms with Gasteiger partial charge in [-0.25, -0.2) is 4.98 Å². The Hall–Kier alpha value is -1.98. The van der Waals surface area contributed by atoms with Gasteiger partial charge in [-0.15, -0.1) is 22.7 Å². The van der Waals surface area contributed by atoms with Gasteiger partial charge in [-0.05, 0) is 29.0 Å². The third-order valence-corrected chi connectivity index (χ3v) is 5.67. The minimum Gasteiger partial charge on any atom is -0.337 e. The molecule has 3 nitrogen and oxygen atoms in total. The van der Waals surface area contributed by atoms with Crippen molar-refractivity contribution in [3.63, 3.8) is 0 Å². The molecule has 0 atom stereocenters. The Kier molecular flexibility index (Phi) is 4.88. The van der Waals surface area contributed by atoms with Gasteiger partial charge in [0, 0.05) is 13.6 Å². The van der Waals surface area contributed by atoms with Crippen LogP contribution in [0.5, 0.6) is 0 Å². The van der Waals surface area contributed by atoms with E-state index >= 15 is 0 Å². The van der Waals surface area contributed by atoms with Crippen LogP contribution in [-0.2, 0) is 13.0 Å². The predicted molar refractivity (Wildman–Crippen MR) is 97.0 cm³/mol. The molecule has 0 bridgehead atoms. The number of hydrogen-bond acceptors (Lipinski definition) is 4. The lowest BCUT2D eigenvalue weighted by Crippen LogP contribution is -2.25. The normalized spacial score (nSPS) is 10.7. The minimum absolute atomic E-state index is 0.0184. The smallest absolute Gasteiger partial charge is 0.265 e. The number of rotatable bonds is 5. The van der Waals surface area contributed by atoms with E-state index in [4.69, 9.17) is 0 Å². The van der Waals surface area contributed by atoms with Gasteiger partial charge >= 0.3 is 0 Å². The van der Waals surface area contributed by atoms with Crippen LogP contribution in [0.3, 0.4) is 0 Å². The Labute approximate surface area is 144 Å². The first-order chi connectivity index (χ1) is 11.2. The van der Waals surface area contributed by atoms with Crippen LogP contribution in [0.25, 0.3) is 9.88 Å². The summed E-state index contributed by atoms with van der Waals surface area (Å²) in [5, 5.41) is 2.92. The average molecular weight is 342 g/mol. The van der Waals surface area contributed by atoms with Crippen molar-refractivity contribution < 1.29 is 4.79 Å². The van der Waals surface area contributed by atoms with E-state index in [-0.39, 0.29) is 5.91 Å². The van der Waals surface area contributed by atoms with Gasteiger partial charge in [-0.1, -0.05) is 37.3 Å². The van der Waals surface area contributed by atoms with E-state index in [0.717, 1.165) is 21.9 Å². The van der Waals surface area contributed by atoms with Crippen LogP contribution in [-0.4, -0.2) is 22.8 Å². The number of thiophene rings is 1. The van der Waals surface area contributed by atoms with E-state index in [1.54, 1.807) is 22.4 Å². The highest BCUT2D eigenvalue weighted by Crippen LogP contribution is 2.29. The van der Waals surface area contributed by atoms with Crippen molar-refractivity contribution in [3.8, 4) is 9.88 Å². The Morgan fingerprint density at radius 2 is 1.91 bits per heavy atom. The molecule has 0 unspecified atom stereocenters. The number of aromatic nitrogens is 1. The first-order valence-electron chi connectivity index (χ1n) is 7.50. The van der Waals surface area contributed by atoms with Gasteiger partial charge in [0.15, 0.2) is 0 Å². The van der Waals surface area contributed by atoms with E-state index in [1.807, 2.05) is 24.6 Å². The number of aryl methyl sites for hydroxylation is 1. The van der Waals surface area contributed by atoms with E-state index < -0.39 is 0 Å². The Balaban J connectivity index is 1.69. The van der Waals surface area contributed by atoms with Gasteiger partial charge in [0.05, 0.1) is 11.1 Å². The zero-order valence-electron chi connectivity index (χ0n) is 13.2. The van der Waals surface area contributed by atoms with Gasteiger partial charge in [-0.3, -0.25) is 4.79 Å². The molecule has 3 aromatic rings. The molecule has 3 rings (SSSR count). The maximum atomic E-state index is 12.6. The van der Waals surface area contributed by atoms with E-state index in [0.29, 0.717) is 11.4 Å². The largest absolute Gasteiger partial charge is 0.337 e. The highest BCUT2D eigenvalue weighted by molar-refractivity contribution is 7.21. The maximum Gasteiger partial charge on any atom is 0.265 e. The van der Waals surface area contributed by atoms with Crippen LogP contribution in [0, 0.1) is 0 Å². The number of hydrogen-bond donors (Lipinski definition) is 0. The molecular weight excluding hydrogens is 324 g/mol. The average Bonchev–Trinajstić information content (AvgIpc) is 3.26. The number of nitrogens with zero attached hydrogens (tertiary/aromatic N) is 2. The van der Waals surface area contributed by atoms with Crippen LogP contribution >= 0.6 is 22.7 Å². The van der Waals surface area contributed by atoms with Crippen molar-refractivity contribution in [1.29, 1.82) is 0 Å². The van der Waals surface area contributed by atoms with E-state index in [1.165, 1.54) is 16.9 Å².